The smallest absolute Gasteiger partial charge is 0.329 e. The number of ether oxygens (including phenoxy) is 2. The van der Waals surface area contributed by atoms with Gasteiger partial charge in [0, 0.05) is 11.3 Å². The first-order chi connectivity index (χ1) is 16.1. The van der Waals surface area contributed by atoms with Gasteiger partial charge in [0.05, 0.1) is 13.3 Å². The minimum absolute atomic E-state index is 0.454. The molecule has 33 heavy (non-hydrogen) atoms. The number of para-hydroxylation sites is 1. The van der Waals surface area contributed by atoms with Gasteiger partial charge in [0.2, 0.25) is 0 Å². The van der Waals surface area contributed by atoms with Crippen molar-refractivity contribution in [3.05, 3.63) is 96.6 Å². The highest BCUT2D eigenvalue weighted by molar-refractivity contribution is 6.39. The van der Waals surface area contributed by atoms with Gasteiger partial charge in [-0.1, -0.05) is 48.5 Å². The maximum Gasteiger partial charge on any atom is 0.329 e. The summed E-state index contributed by atoms with van der Waals surface area (Å²) in [5.41, 5.74) is 3.40. The van der Waals surface area contributed by atoms with Crippen LogP contribution in [-0.4, -0.2) is 25.1 Å². The normalized spacial score (nSPS) is 10.7. The highest BCUT2D eigenvalue weighted by atomic mass is 16.5. The third kappa shape index (κ3) is 5.34. The molecule has 4 rings (SSSR count). The Morgan fingerprint density at radius 3 is 2.24 bits per heavy atom. The van der Waals surface area contributed by atoms with Gasteiger partial charge in [-0.15, -0.1) is 0 Å². The lowest BCUT2D eigenvalue weighted by Crippen LogP contribution is -2.32. The Bertz CT molecular complexity index is 1300. The Hall–Kier alpha value is -4.65. The van der Waals surface area contributed by atoms with Crippen molar-refractivity contribution in [3.63, 3.8) is 0 Å². The molecule has 4 aromatic carbocycles. The van der Waals surface area contributed by atoms with E-state index in [2.05, 4.69) is 15.8 Å². The van der Waals surface area contributed by atoms with Crippen molar-refractivity contribution in [2.45, 2.75) is 0 Å². The predicted octanol–water partition coefficient (Wildman–Crippen LogP) is 4.73. The molecule has 0 heterocycles. The van der Waals surface area contributed by atoms with Crippen molar-refractivity contribution < 1.29 is 19.1 Å². The number of rotatable bonds is 6. The number of benzene rings is 4. The molecule has 0 saturated heterocycles. The molecule has 0 bridgehead atoms. The van der Waals surface area contributed by atoms with E-state index in [1.54, 1.807) is 31.4 Å². The van der Waals surface area contributed by atoms with Gasteiger partial charge in [-0.05, 0) is 53.2 Å². The molecular formula is C26H21N3O4. The molecule has 4 aromatic rings. The molecule has 7 heteroatoms. The van der Waals surface area contributed by atoms with Crippen molar-refractivity contribution in [1.82, 2.24) is 5.43 Å². The number of hydrazone groups is 1. The van der Waals surface area contributed by atoms with Gasteiger partial charge in [0.15, 0.2) is 0 Å². The summed E-state index contributed by atoms with van der Waals surface area (Å²) < 4.78 is 11.1. The molecule has 0 radical (unpaired) electrons. The van der Waals surface area contributed by atoms with Crippen LogP contribution in [0.4, 0.5) is 5.69 Å². The van der Waals surface area contributed by atoms with Crippen LogP contribution in [0.2, 0.25) is 0 Å². The third-order valence-corrected chi connectivity index (χ3v) is 4.81. The summed E-state index contributed by atoms with van der Waals surface area (Å²) in [6.07, 6.45) is 1.46. The molecule has 0 aliphatic heterocycles. The second-order valence-corrected chi connectivity index (χ2v) is 7.00. The van der Waals surface area contributed by atoms with Crippen LogP contribution in [0.3, 0.4) is 0 Å². The molecule has 0 aromatic heterocycles. The van der Waals surface area contributed by atoms with Crippen LogP contribution in [0.5, 0.6) is 17.2 Å². The quantitative estimate of drug-likeness (QED) is 0.258. The number of nitrogens with zero attached hydrogens (tertiary/aromatic N) is 1. The zero-order valence-electron chi connectivity index (χ0n) is 17.8. The summed E-state index contributed by atoms with van der Waals surface area (Å²) in [4.78, 5) is 24.4. The molecule has 0 fully saturated rings. The van der Waals surface area contributed by atoms with E-state index in [-0.39, 0.29) is 0 Å². The number of hydrogen-bond donors (Lipinski definition) is 2. The lowest BCUT2D eigenvalue weighted by atomic mass is 10.0. The van der Waals surface area contributed by atoms with E-state index < -0.39 is 11.8 Å². The van der Waals surface area contributed by atoms with E-state index in [0.717, 1.165) is 10.8 Å². The standard InChI is InChI=1S/C26H21N3O4/c1-32-24-16-11-18-7-5-6-10-22(18)23(24)17-27-29-26(31)25(30)28-19-12-14-21(15-13-19)33-20-8-3-2-4-9-20/h2-17H,1H3,(H,28,30)(H,29,31)/b27-17+. The van der Waals surface area contributed by atoms with Crippen LogP contribution in [0.25, 0.3) is 10.8 Å². The number of methoxy groups -OCH3 is 1. The molecule has 0 atom stereocenters. The molecule has 2 amide bonds. The summed E-state index contributed by atoms with van der Waals surface area (Å²) in [5.74, 6) is 0.185. The highest BCUT2D eigenvalue weighted by Gasteiger charge is 2.13. The van der Waals surface area contributed by atoms with E-state index in [1.165, 1.54) is 6.21 Å². The number of fused-ring (bicyclic) bond motifs is 1. The van der Waals surface area contributed by atoms with Crippen LogP contribution in [-0.2, 0) is 9.59 Å². The Morgan fingerprint density at radius 1 is 0.788 bits per heavy atom. The lowest BCUT2D eigenvalue weighted by Gasteiger charge is -2.09. The maximum absolute atomic E-state index is 12.2. The van der Waals surface area contributed by atoms with E-state index in [9.17, 15) is 9.59 Å². The highest BCUT2D eigenvalue weighted by Crippen LogP contribution is 2.26. The minimum Gasteiger partial charge on any atom is -0.496 e. The largest absolute Gasteiger partial charge is 0.496 e. The van der Waals surface area contributed by atoms with E-state index in [1.807, 2.05) is 66.7 Å². The predicted molar refractivity (Wildman–Crippen MR) is 128 cm³/mol. The molecule has 164 valence electrons. The zero-order chi connectivity index (χ0) is 23.0. The van der Waals surface area contributed by atoms with Gasteiger partial charge in [0.1, 0.15) is 17.2 Å². The van der Waals surface area contributed by atoms with Gasteiger partial charge in [-0.25, -0.2) is 5.43 Å². The second-order valence-electron chi connectivity index (χ2n) is 7.00. The third-order valence-electron chi connectivity index (χ3n) is 4.81. The first-order valence-corrected chi connectivity index (χ1v) is 10.2. The number of nitrogens with one attached hydrogen (secondary N) is 2. The molecule has 7 nitrogen and oxygen atoms in total. The summed E-state index contributed by atoms with van der Waals surface area (Å²) in [6, 6.07) is 27.5. The van der Waals surface area contributed by atoms with Crippen LogP contribution in [0.1, 0.15) is 5.56 Å². The van der Waals surface area contributed by atoms with Gasteiger partial charge >= 0.3 is 11.8 Å². The molecule has 0 unspecified atom stereocenters. The fourth-order valence-electron chi connectivity index (χ4n) is 3.21. The monoisotopic (exact) mass is 439 g/mol. The number of anilines is 1. The topological polar surface area (TPSA) is 89.0 Å². The molecular weight excluding hydrogens is 418 g/mol. The average molecular weight is 439 g/mol. The summed E-state index contributed by atoms with van der Waals surface area (Å²) >= 11 is 0. The number of amides is 2. The zero-order valence-corrected chi connectivity index (χ0v) is 17.8. The van der Waals surface area contributed by atoms with Crippen LogP contribution in [0.15, 0.2) is 96.1 Å². The molecule has 0 saturated carbocycles. The van der Waals surface area contributed by atoms with E-state index >= 15 is 0 Å². The fourth-order valence-corrected chi connectivity index (χ4v) is 3.21. The van der Waals surface area contributed by atoms with Crippen molar-refractivity contribution >= 4 is 34.5 Å². The number of carbonyl (C=O) groups excluding carboxylic acids is 2. The summed E-state index contributed by atoms with van der Waals surface area (Å²) in [7, 11) is 1.56. The van der Waals surface area contributed by atoms with Gasteiger partial charge in [-0.2, -0.15) is 5.10 Å². The molecule has 0 spiro atoms. The first-order valence-electron chi connectivity index (χ1n) is 10.2. The second kappa shape index (κ2) is 10.1. The first kappa shape index (κ1) is 21.6. The Labute approximate surface area is 190 Å². The average Bonchev–Trinajstić information content (AvgIpc) is 2.85. The van der Waals surface area contributed by atoms with Crippen LogP contribution in [0, 0.1) is 0 Å². The Kier molecular flexibility index (Phi) is 6.61. The van der Waals surface area contributed by atoms with Crippen LogP contribution >= 0.6 is 0 Å². The van der Waals surface area contributed by atoms with Gasteiger partial charge in [-0.3, -0.25) is 9.59 Å². The van der Waals surface area contributed by atoms with E-state index in [0.29, 0.717) is 28.5 Å². The summed E-state index contributed by atoms with van der Waals surface area (Å²) in [6.45, 7) is 0. The van der Waals surface area contributed by atoms with Crippen molar-refractivity contribution in [3.8, 4) is 17.2 Å². The number of carbonyl (C=O) groups is 2. The van der Waals surface area contributed by atoms with Gasteiger partial charge < -0.3 is 14.8 Å². The van der Waals surface area contributed by atoms with Crippen LogP contribution < -0.4 is 20.2 Å². The Balaban J connectivity index is 1.37. The molecule has 2 N–H and O–H groups in total. The van der Waals surface area contributed by atoms with E-state index in [4.69, 9.17) is 9.47 Å². The van der Waals surface area contributed by atoms with Crippen molar-refractivity contribution in [1.29, 1.82) is 0 Å². The van der Waals surface area contributed by atoms with Crippen molar-refractivity contribution in [2.75, 3.05) is 12.4 Å². The summed E-state index contributed by atoms with van der Waals surface area (Å²) in [5, 5.41) is 8.38. The SMILES string of the molecule is COc1ccc2ccccc2c1/C=N/NC(=O)C(=O)Nc1ccc(Oc2ccccc2)cc1. The number of hydrogen-bond acceptors (Lipinski definition) is 5. The minimum atomic E-state index is -0.893. The van der Waals surface area contributed by atoms with Crippen molar-refractivity contribution in [2.24, 2.45) is 5.10 Å². The molecule has 0 aliphatic carbocycles. The van der Waals surface area contributed by atoms with Gasteiger partial charge in [0.25, 0.3) is 0 Å². The molecule has 0 aliphatic rings. The lowest BCUT2D eigenvalue weighted by molar-refractivity contribution is -0.136. The fraction of sp³-hybridized carbons (Fsp3) is 0.0385. The Morgan fingerprint density at radius 2 is 1.48 bits per heavy atom. The maximum atomic E-state index is 12.2.